The highest BCUT2D eigenvalue weighted by atomic mass is 32.3. The summed E-state index contributed by atoms with van der Waals surface area (Å²) in [5, 5.41) is 0. The second-order valence-electron chi connectivity index (χ2n) is 6.88. The van der Waals surface area contributed by atoms with Crippen molar-refractivity contribution in [2.75, 3.05) is 6.54 Å². The van der Waals surface area contributed by atoms with Crippen LogP contribution in [0.3, 0.4) is 0 Å². The van der Waals surface area contributed by atoms with E-state index >= 15 is 0 Å². The van der Waals surface area contributed by atoms with Crippen LogP contribution in [-0.4, -0.2) is 50.6 Å². The Morgan fingerprint density at radius 1 is 0.818 bits per heavy atom. The second-order valence-corrected chi connectivity index (χ2v) is 10.8. The normalized spacial score (nSPS) is 15.7. The molecule has 1 atom stereocenters. The Balaban J connectivity index is 3.60. The van der Waals surface area contributed by atoms with Gasteiger partial charge in [0.25, 0.3) is 10.0 Å². The molecule has 1 aromatic carbocycles. The average molecular weight is 541 g/mol. The fourth-order valence-corrected chi connectivity index (χ4v) is 5.65. The highest BCUT2D eigenvalue weighted by Crippen LogP contribution is 2.49. The fraction of sp³-hybridized carbons (Fsp3) is 0.625. The molecule has 0 amide bonds. The van der Waals surface area contributed by atoms with Crippen molar-refractivity contribution in [3.05, 3.63) is 29.8 Å². The number of alkyl halides is 10. The Morgan fingerprint density at radius 2 is 1.24 bits per heavy atom. The molecule has 192 valence electrons. The molecule has 0 saturated carbocycles. The lowest BCUT2D eigenvalue weighted by Gasteiger charge is -2.32. The summed E-state index contributed by atoms with van der Waals surface area (Å²) in [5.41, 5.74) is -12.2. The van der Waals surface area contributed by atoms with Gasteiger partial charge in [-0.25, -0.2) is 21.2 Å². The molecule has 0 spiro atoms. The minimum absolute atomic E-state index is 0.178. The number of rotatable bonds is 8. The maximum atomic E-state index is 13.9. The number of hydrogen-bond acceptors (Lipinski definition) is 4. The van der Waals surface area contributed by atoms with E-state index < -0.39 is 65.1 Å². The third-order valence-corrected chi connectivity index (χ3v) is 8.79. The maximum absolute atomic E-state index is 13.9. The summed E-state index contributed by atoms with van der Waals surface area (Å²) in [4.78, 5) is -1.18. The Kier molecular flexibility index (Phi) is 8.20. The van der Waals surface area contributed by atoms with Crippen LogP contribution in [0.5, 0.6) is 0 Å². The Labute approximate surface area is 182 Å². The predicted octanol–water partition coefficient (Wildman–Crippen LogP) is 5.26. The molecule has 0 heterocycles. The minimum atomic E-state index is -7.04. The molecule has 1 unspecified atom stereocenters. The molecule has 0 fully saturated rings. The van der Waals surface area contributed by atoms with E-state index in [9.17, 15) is 60.7 Å². The second kappa shape index (κ2) is 9.20. The van der Waals surface area contributed by atoms with Crippen molar-refractivity contribution in [2.24, 2.45) is 0 Å². The van der Waals surface area contributed by atoms with Crippen LogP contribution in [0.1, 0.15) is 38.2 Å². The lowest BCUT2D eigenvalue weighted by molar-refractivity contribution is -0.343. The molecule has 0 bridgehead atoms. The first kappa shape index (κ1) is 29.4. The van der Waals surface area contributed by atoms with Crippen LogP contribution in [0, 0.1) is 0 Å². The van der Waals surface area contributed by atoms with E-state index in [0.29, 0.717) is 24.1 Å². The quantitative estimate of drug-likeness (QED) is 0.421. The Bertz CT molecular complexity index is 1020. The van der Waals surface area contributed by atoms with Gasteiger partial charge in [-0.05, 0) is 30.0 Å². The number of hydrogen-bond donors (Lipinski definition) is 0. The fourth-order valence-electron chi connectivity index (χ4n) is 2.50. The van der Waals surface area contributed by atoms with Crippen LogP contribution in [0.25, 0.3) is 0 Å². The predicted molar refractivity (Wildman–Crippen MR) is 94.6 cm³/mol. The molecule has 0 aliphatic carbocycles. The summed E-state index contributed by atoms with van der Waals surface area (Å²) >= 11 is 0. The molecule has 0 saturated heterocycles. The molecule has 5 nitrogen and oxygen atoms in total. The summed E-state index contributed by atoms with van der Waals surface area (Å²) in [5.74, 6) is -0.178. The largest absolute Gasteiger partial charge is 0.512 e. The molecule has 17 heteroatoms. The third-order valence-electron chi connectivity index (χ3n) is 4.73. The zero-order chi connectivity index (χ0) is 26.3. The molecule has 0 aromatic heterocycles. The average Bonchev–Trinajstić information content (AvgIpc) is 2.64. The molecular formula is C16H17F10NO4S2. The first-order valence-electron chi connectivity index (χ1n) is 8.80. The van der Waals surface area contributed by atoms with Crippen molar-refractivity contribution in [1.29, 1.82) is 0 Å². The molecule has 1 aromatic rings. The van der Waals surface area contributed by atoms with Gasteiger partial charge in [-0.2, -0.15) is 39.5 Å². The molecule has 33 heavy (non-hydrogen) atoms. The van der Waals surface area contributed by atoms with E-state index in [0.717, 1.165) is 12.1 Å². The molecule has 0 aliphatic rings. The molecular weight excluding hydrogens is 524 g/mol. The first-order valence-corrected chi connectivity index (χ1v) is 11.7. The first-order chi connectivity index (χ1) is 14.5. The van der Waals surface area contributed by atoms with Crippen molar-refractivity contribution < 1.29 is 60.7 Å². The van der Waals surface area contributed by atoms with Gasteiger partial charge >= 0.3 is 33.6 Å². The van der Waals surface area contributed by atoms with Crippen LogP contribution < -0.4 is 0 Å². The molecule has 0 radical (unpaired) electrons. The van der Waals surface area contributed by atoms with Gasteiger partial charge in [0.2, 0.25) is 0 Å². The minimum Gasteiger partial charge on any atom is -0.224 e. The van der Waals surface area contributed by atoms with Crippen molar-refractivity contribution in [2.45, 2.75) is 61.0 Å². The SMILES string of the molecule is CCC(C)c1ccc(S(=O)(=O)N(CCC(F)(C(F)(F)F)C(F)(F)F)S(=O)(=O)C(F)(F)F)cc1. The van der Waals surface area contributed by atoms with Crippen LogP contribution in [-0.2, 0) is 20.0 Å². The highest BCUT2D eigenvalue weighted by Gasteiger charge is 2.72. The van der Waals surface area contributed by atoms with Crippen molar-refractivity contribution in [3.8, 4) is 0 Å². The van der Waals surface area contributed by atoms with Gasteiger partial charge in [-0.1, -0.05) is 29.7 Å². The van der Waals surface area contributed by atoms with Crippen LogP contribution >= 0.6 is 0 Å². The van der Waals surface area contributed by atoms with E-state index in [1.807, 2.05) is 0 Å². The molecule has 0 aliphatic heterocycles. The van der Waals surface area contributed by atoms with E-state index in [1.165, 1.54) is 0 Å². The van der Waals surface area contributed by atoms with Gasteiger partial charge in [0.05, 0.1) is 4.90 Å². The monoisotopic (exact) mass is 541 g/mol. The lowest BCUT2D eigenvalue weighted by atomic mass is 9.99. The van der Waals surface area contributed by atoms with E-state index in [4.69, 9.17) is 0 Å². The number of halogens is 10. The molecule has 1 rings (SSSR count). The maximum Gasteiger partial charge on any atom is 0.512 e. The van der Waals surface area contributed by atoms with Crippen LogP contribution in [0.4, 0.5) is 43.9 Å². The number of nitrogens with zero attached hydrogens (tertiary/aromatic N) is 1. The Morgan fingerprint density at radius 3 is 1.58 bits per heavy atom. The number of benzene rings is 1. The third kappa shape index (κ3) is 5.72. The van der Waals surface area contributed by atoms with Crippen molar-refractivity contribution >= 4 is 20.0 Å². The summed E-state index contributed by atoms with van der Waals surface area (Å²) in [6, 6.07) is 3.41. The summed E-state index contributed by atoms with van der Waals surface area (Å²) in [7, 11) is -12.9. The lowest BCUT2D eigenvalue weighted by Crippen LogP contribution is -2.56. The zero-order valence-electron chi connectivity index (χ0n) is 16.7. The van der Waals surface area contributed by atoms with Crippen molar-refractivity contribution in [3.63, 3.8) is 0 Å². The van der Waals surface area contributed by atoms with Gasteiger partial charge in [0, 0.05) is 13.0 Å². The standard InChI is InChI=1S/C16H17F10NO4S2/c1-3-10(2)11-4-6-12(7-5-11)32(28,29)27(33(30,31)16(24,25)26)9-8-13(17,14(18,19)20)15(21,22)23/h4-7,10H,3,8-9H2,1-2H3. The number of sulfonamides is 2. The van der Waals surface area contributed by atoms with Crippen LogP contribution in [0.15, 0.2) is 29.2 Å². The zero-order valence-corrected chi connectivity index (χ0v) is 18.3. The van der Waals surface area contributed by atoms with Gasteiger partial charge in [-0.15, -0.1) is 0 Å². The topological polar surface area (TPSA) is 71.5 Å². The van der Waals surface area contributed by atoms with Gasteiger partial charge in [-0.3, -0.25) is 0 Å². The van der Waals surface area contributed by atoms with Gasteiger partial charge < -0.3 is 0 Å². The summed E-state index contributed by atoms with van der Waals surface area (Å²) in [6.07, 6.45) is -15.9. The van der Waals surface area contributed by atoms with Crippen molar-refractivity contribution in [1.82, 2.24) is 3.71 Å². The summed E-state index contributed by atoms with van der Waals surface area (Å²) < 4.78 is 176. The van der Waals surface area contributed by atoms with E-state index in [-0.39, 0.29) is 5.92 Å². The Hall–Kier alpha value is -1.62. The van der Waals surface area contributed by atoms with Gasteiger partial charge in [0.1, 0.15) is 0 Å². The molecule has 0 N–H and O–H groups in total. The van der Waals surface area contributed by atoms with Gasteiger partial charge in [0.15, 0.2) is 0 Å². The van der Waals surface area contributed by atoms with E-state index in [1.54, 1.807) is 13.8 Å². The highest BCUT2D eigenvalue weighted by molar-refractivity contribution is 8.04. The van der Waals surface area contributed by atoms with Crippen LogP contribution in [0.2, 0.25) is 0 Å². The smallest absolute Gasteiger partial charge is 0.224 e. The van der Waals surface area contributed by atoms with E-state index in [2.05, 4.69) is 0 Å². The summed E-state index contributed by atoms with van der Waals surface area (Å²) in [6.45, 7) is 0.781.